The second-order valence-corrected chi connectivity index (χ2v) is 4.53. The van der Waals surface area contributed by atoms with Crippen molar-refractivity contribution in [1.29, 1.82) is 0 Å². The van der Waals surface area contributed by atoms with Gasteiger partial charge in [-0.2, -0.15) is 13.2 Å². The fourth-order valence-electron chi connectivity index (χ4n) is 1.23. The number of alkyl halides is 3. The Hall–Kier alpha value is -0.920. The van der Waals surface area contributed by atoms with Gasteiger partial charge in [-0.1, -0.05) is 0 Å². The topological polar surface area (TPSA) is 66.4 Å². The molecule has 0 aromatic carbocycles. The minimum absolute atomic E-state index is 0.105. The maximum absolute atomic E-state index is 11.7. The van der Waals surface area contributed by atoms with Crippen LogP contribution < -0.4 is 5.32 Å². The summed E-state index contributed by atoms with van der Waals surface area (Å²) in [5.41, 5.74) is -4.30. The van der Waals surface area contributed by atoms with E-state index in [9.17, 15) is 22.8 Å². The molecule has 92 valence electrons. The highest BCUT2D eigenvalue weighted by atomic mass is 32.2. The molecule has 0 heterocycles. The number of aliphatic carboxylic acids is 1. The van der Waals surface area contributed by atoms with Gasteiger partial charge in [0.25, 0.3) is 0 Å². The smallest absolute Gasteiger partial charge is 0.441 e. The molecule has 2 unspecified atom stereocenters. The normalized spacial score (nSPS) is 23.9. The molecular formula is C8H10F3NO3S. The SMILES string of the molecule is O=C(O)C1CC1C(=O)NCCSC(F)(F)F. The Bertz CT molecular complexity index is 295. The molecular weight excluding hydrogens is 247 g/mol. The van der Waals surface area contributed by atoms with E-state index in [0.29, 0.717) is 0 Å². The van der Waals surface area contributed by atoms with E-state index in [0.717, 1.165) is 0 Å². The van der Waals surface area contributed by atoms with Crippen LogP contribution in [0.4, 0.5) is 13.2 Å². The Labute approximate surface area is 93.6 Å². The molecule has 8 heteroatoms. The van der Waals surface area contributed by atoms with E-state index in [1.54, 1.807) is 0 Å². The zero-order valence-electron chi connectivity index (χ0n) is 8.08. The largest absolute Gasteiger partial charge is 0.481 e. The van der Waals surface area contributed by atoms with E-state index in [-0.39, 0.29) is 30.5 Å². The van der Waals surface area contributed by atoms with E-state index < -0.39 is 29.2 Å². The highest BCUT2D eigenvalue weighted by molar-refractivity contribution is 8.00. The molecule has 2 N–H and O–H groups in total. The van der Waals surface area contributed by atoms with Gasteiger partial charge in [-0.15, -0.1) is 0 Å². The summed E-state index contributed by atoms with van der Waals surface area (Å²) in [6.07, 6.45) is 0.271. The monoisotopic (exact) mass is 257 g/mol. The van der Waals surface area contributed by atoms with Crippen LogP contribution in [0.15, 0.2) is 0 Å². The molecule has 1 aliphatic rings. The first-order chi connectivity index (χ1) is 7.31. The summed E-state index contributed by atoms with van der Waals surface area (Å²) in [4.78, 5) is 21.6. The van der Waals surface area contributed by atoms with Crippen LogP contribution in [0, 0.1) is 11.8 Å². The van der Waals surface area contributed by atoms with Gasteiger partial charge in [0, 0.05) is 12.3 Å². The minimum Gasteiger partial charge on any atom is -0.481 e. The fraction of sp³-hybridized carbons (Fsp3) is 0.750. The molecule has 0 aromatic heterocycles. The summed E-state index contributed by atoms with van der Waals surface area (Å²) in [5.74, 6) is -3.02. The van der Waals surface area contributed by atoms with Crippen molar-refractivity contribution < 1.29 is 27.9 Å². The number of carboxylic acids is 1. The third-order valence-electron chi connectivity index (χ3n) is 2.11. The lowest BCUT2D eigenvalue weighted by molar-refractivity contribution is -0.140. The summed E-state index contributed by atoms with van der Waals surface area (Å²) < 4.78 is 35.1. The van der Waals surface area contributed by atoms with Crippen molar-refractivity contribution in [2.45, 2.75) is 11.9 Å². The molecule has 1 saturated carbocycles. The van der Waals surface area contributed by atoms with Crippen LogP contribution in [0.2, 0.25) is 0 Å². The van der Waals surface area contributed by atoms with Gasteiger partial charge < -0.3 is 10.4 Å². The van der Waals surface area contributed by atoms with Crippen LogP contribution >= 0.6 is 11.8 Å². The van der Waals surface area contributed by atoms with Gasteiger partial charge in [0.1, 0.15) is 0 Å². The number of rotatable bonds is 5. The lowest BCUT2D eigenvalue weighted by Crippen LogP contribution is -2.29. The van der Waals surface area contributed by atoms with Crippen LogP contribution in [0.1, 0.15) is 6.42 Å². The number of carboxylic acid groups (broad SMARTS) is 1. The lowest BCUT2D eigenvalue weighted by Gasteiger charge is -2.06. The predicted octanol–water partition coefficient (Wildman–Crippen LogP) is 1.08. The molecule has 0 radical (unpaired) electrons. The zero-order valence-corrected chi connectivity index (χ0v) is 8.90. The highest BCUT2D eigenvalue weighted by Gasteiger charge is 2.48. The van der Waals surface area contributed by atoms with Gasteiger partial charge in [-0.25, -0.2) is 0 Å². The molecule has 0 aromatic rings. The predicted molar refractivity (Wildman–Crippen MR) is 50.8 cm³/mol. The minimum atomic E-state index is -4.30. The van der Waals surface area contributed by atoms with Crippen molar-refractivity contribution in [3.63, 3.8) is 0 Å². The van der Waals surface area contributed by atoms with Gasteiger partial charge in [0.15, 0.2) is 0 Å². The molecule has 0 aliphatic heterocycles. The second-order valence-electron chi connectivity index (χ2n) is 3.37. The van der Waals surface area contributed by atoms with Crippen molar-refractivity contribution in [3.8, 4) is 0 Å². The maximum Gasteiger partial charge on any atom is 0.441 e. The zero-order chi connectivity index (χ0) is 12.3. The Morgan fingerprint density at radius 2 is 2.00 bits per heavy atom. The molecule has 2 atom stereocenters. The molecule has 1 aliphatic carbocycles. The van der Waals surface area contributed by atoms with Gasteiger partial charge in [-0.3, -0.25) is 9.59 Å². The van der Waals surface area contributed by atoms with Crippen molar-refractivity contribution in [2.75, 3.05) is 12.3 Å². The summed E-state index contributed by atoms with van der Waals surface area (Å²) in [6, 6.07) is 0. The first kappa shape index (κ1) is 13.1. The Balaban J connectivity index is 2.11. The van der Waals surface area contributed by atoms with Crippen LogP contribution in [0.25, 0.3) is 0 Å². The van der Waals surface area contributed by atoms with Crippen LogP contribution in [0.3, 0.4) is 0 Å². The summed E-state index contributed by atoms with van der Waals surface area (Å²) >= 11 is -0.216. The molecule has 16 heavy (non-hydrogen) atoms. The Morgan fingerprint density at radius 1 is 1.38 bits per heavy atom. The standard InChI is InChI=1S/C8H10F3NO3S/c9-8(10,11)16-2-1-12-6(13)4-3-5(4)7(14)15/h4-5H,1-3H2,(H,12,13)(H,14,15). The van der Waals surface area contributed by atoms with Crippen LogP contribution in [-0.4, -0.2) is 34.8 Å². The maximum atomic E-state index is 11.7. The Morgan fingerprint density at radius 3 is 2.44 bits per heavy atom. The lowest BCUT2D eigenvalue weighted by atomic mass is 10.3. The molecule has 1 rings (SSSR count). The van der Waals surface area contributed by atoms with Gasteiger partial charge >= 0.3 is 11.5 Å². The van der Waals surface area contributed by atoms with E-state index in [2.05, 4.69) is 5.32 Å². The van der Waals surface area contributed by atoms with E-state index in [1.807, 2.05) is 0 Å². The summed E-state index contributed by atoms with van der Waals surface area (Å²) in [6.45, 7) is -0.105. The molecule has 0 bridgehead atoms. The molecule has 0 saturated heterocycles. The number of hydrogen-bond donors (Lipinski definition) is 2. The van der Waals surface area contributed by atoms with Crippen molar-refractivity contribution in [1.82, 2.24) is 5.32 Å². The van der Waals surface area contributed by atoms with Crippen molar-refractivity contribution in [2.24, 2.45) is 11.8 Å². The van der Waals surface area contributed by atoms with Crippen LogP contribution in [-0.2, 0) is 9.59 Å². The number of nitrogens with one attached hydrogen (secondary N) is 1. The first-order valence-corrected chi connectivity index (χ1v) is 5.51. The van der Waals surface area contributed by atoms with Crippen molar-refractivity contribution in [3.05, 3.63) is 0 Å². The van der Waals surface area contributed by atoms with Gasteiger partial charge in [0.2, 0.25) is 5.91 Å². The number of hydrogen-bond acceptors (Lipinski definition) is 3. The molecule has 1 amide bonds. The fourth-order valence-corrected chi connectivity index (χ4v) is 1.67. The highest BCUT2D eigenvalue weighted by Crippen LogP contribution is 2.38. The van der Waals surface area contributed by atoms with Gasteiger partial charge in [-0.05, 0) is 18.2 Å². The third kappa shape index (κ3) is 4.30. The summed E-state index contributed by atoms with van der Waals surface area (Å²) in [5, 5.41) is 10.8. The van der Waals surface area contributed by atoms with E-state index >= 15 is 0 Å². The van der Waals surface area contributed by atoms with Crippen LogP contribution in [0.5, 0.6) is 0 Å². The number of carbonyl (C=O) groups is 2. The van der Waals surface area contributed by atoms with Gasteiger partial charge in [0.05, 0.1) is 11.8 Å². The molecule has 1 fully saturated rings. The average Bonchev–Trinajstić information content (AvgIpc) is 2.89. The quantitative estimate of drug-likeness (QED) is 0.723. The third-order valence-corrected chi connectivity index (χ3v) is 2.85. The first-order valence-electron chi connectivity index (χ1n) is 4.52. The number of carbonyl (C=O) groups excluding carboxylic acids is 1. The average molecular weight is 257 g/mol. The number of thioether (sulfide) groups is 1. The molecule has 0 spiro atoms. The number of halogens is 3. The summed E-state index contributed by atoms with van der Waals surface area (Å²) in [7, 11) is 0. The van der Waals surface area contributed by atoms with E-state index in [1.165, 1.54) is 0 Å². The Kier molecular flexibility index (Phi) is 4.06. The van der Waals surface area contributed by atoms with Crippen molar-refractivity contribution >= 4 is 23.6 Å². The molecule has 4 nitrogen and oxygen atoms in total. The van der Waals surface area contributed by atoms with E-state index in [4.69, 9.17) is 5.11 Å². The number of amides is 1. The second kappa shape index (κ2) is 4.94.